The maximum Gasteiger partial charge on any atom is 0.244 e. The van der Waals surface area contributed by atoms with Crippen molar-refractivity contribution in [3.8, 4) is 0 Å². The van der Waals surface area contributed by atoms with Gasteiger partial charge in [-0.2, -0.15) is 0 Å². The molecule has 0 unspecified atom stereocenters. The minimum absolute atomic E-state index is 0.0633. The lowest BCUT2D eigenvalue weighted by Gasteiger charge is -2.16. The SMILES string of the molecule is C/C=C/C=C/C(=O)NCC1(c2cccc(F)c2)CC1. The standard InChI is InChI=1S/C16H18FNO/c1-2-3-4-8-15(19)18-12-16(9-10-16)13-6-5-7-14(17)11-13/h2-8,11H,9-10,12H2,1H3,(H,18,19)/b3-2+,8-4+. The molecule has 3 heteroatoms. The Kier molecular flexibility index (Phi) is 4.15. The molecule has 1 aliphatic carbocycles. The molecular formula is C16H18FNO. The van der Waals surface area contributed by atoms with Crippen molar-refractivity contribution < 1.29 is 9.18 Å². The van der Waals surface area contributed by atoms with Crippen LogP contribution in [0.5, 0.6) is 0 Å². The van der Waals surface area contributed by atoms with Crippen LogP contribution in [0.25, 0.3) is 0 Å². The molecule has 0 atom stereocenters. The summed E-state index contributed by atoms with van der Waals surface area (Å²) in [6.07, 6.45) is 8.86. The molecule has 1 fully saturated rings. The summed E-state index contributed by atoms with van der Waals surface area (Å²) in [5.41, 5.74) is 0.914. The number of halogens is 1. The summed E-state index contributed by atoms with van der Waals surface area (Å²) in [5.74, 6) is -0.330. The number of carbonyl (C=O) groups is 1. The van der Waals surface area contributed by atoms with E-state index >= 15 is 0 Å². The predicted molar refractivity (Wildman–Crippen MR) is 74.3 cm³/mol. The summed E-state index contributed by atoms with van der Waals surface area (Å²) >= 11 is 0. The smallest absolute Gasteiger partial charge is 0.244 e. The minimum Gasteiger partial charge on any atom is -0.352 e. The molecule has 0 aromatic heterocycles. The third kappa shape index (κ3) is 3.53. The highest BCUT2D eigenvalue weighted by Gasteiger charge is 2.44. The van der Waals surface area contributed by atoms with Gasteiger partial charge in [-0.15, -0.1) is 0 Å². The third-order valence-electron chi connectivity index (χ3n) is 3.44. The second-order valence-corrected chi connectivity index (χ2v) is 4.89. The first-order chi connectivity index (χ1) is 9.16. The third-order valence-corrected chi connectivity index (χ3v) is 3.44. The number of rotatable bonds is 5. The summed E-state index contributed by atoms with van der Waals surface area (Å²) < 4.78 is 13.2. The van der Waals surface area contributed by atoms with Crippen molar-refractivity contribution in [1.29, 1.82) is 0 Å². The quantitative estimate of drug-likeness (QED) is 0.639. The van der Waals surface area contributed by atoms with Gasteiger partial charge < -0.3 is 5.32 Å². The van der Waals surface area contributed by atoms with E-state index in [1.807, 2.05) is 19.1 Å². The molecular weight excluding hydrogens is 241 g/mol. The topological polar surface area (TPSA) is 29.1 Å². The Morgan fingerprint density at radius 3 is 2.84 bits per heavy atom. The van der Waals surface area contributed by atoms with Crippen LogP contribution in [0.1, 0.15) is 25.3 Å². The van der Waals surface area contributed by atoms with E-state index in [-0.39, 0.29) is 17.1 Å². The zero-order chi connectivity index (χ0) is 13.7. The van der Waals surface area contributed by atoms with Crippen molar-refractivity contribution in [1.82, 2.24) is 5.32 Å². The fraction of sp³-hybridized carbons (Fsp3) is 0.312. The zero-order valence-corrected chi connectivity index (χ0v) is 11.0. The van der Waals surface area contributed by atoms with Gasteiger partial charge in [0.1, 0.15) is 5.82 Å². The average molecular weight is 259 g/mol. The van der Waals surface area contributed by atoms with E-state index in [2.05, 4.69) is 5.32 Å². The van der Waals surface area contributed by atoms with E-state index in [1.54, 1.807) is 24.3 Å². The molecule has 0 spiro atoms. The van der Waals surface area contributed by atoms with Gasteiger partial charge in [0.05, 0.1) is 0 Å². The Labute approximate surface area is 113 Å². The molecule has 1 aromatic rings. The van der Waals surface area contributed by atoms with Gasteiger partial charge in [-0.3, -0.25) is 4.79 Å². The fourth-order valence-electron chi connectivity index (χ4n) is 2.11. The molecule has 100 valence electrons. The van der Waals surface area contributed by atoms with Gasteiger partial charge in [0, 0.05) is 18.0 Å². The van der Waals surface area contributed by atoms with Crippen LogP contribution < -0.4 is 5.32 Å². The molecule has 2 rings (SSSR count). The van der Waals surface area contributed by atoms with Crippen LogP contribution in [0.2, 0.25) is 0 Å². The molecule has 0 saturated heterocycles. The Bertz CT molecular complexity index is 515. The largest absolute Gasteiger partial charge is 0.352 e. The second kappa shape index (κ2) is 5.83. The first kappa shape index (κ1) is 13.5. The Morgan fingerprint density at radius 2 is 2.21 bits per heavy atom. The number of nitrogens with one attached hydrogen (secondary N) is 1. The van der Waals surface area contributed by atoms with Crippen LogP contribution in [-0.4, -0.2) is 12.5 Å². The first-order valence-electron chi connectivity index (χ1n) is 6.49. The van der Waals surface area contributed by atoms with Gasteiger partial charge in [0.25, 0.3) is 0 Å². The summed E-state index contributed by atoms with van der Waals surface area (Å²) in [4.78, 5) is 11.6. The maximum absolute atomic E-state index is 13.2. The highest BCUT2D eigenvalue weighted by Crippen LogP contribution is 2.47. The van der Waals surface area contributed by atoms with E-state index in [0.717, 1.165) is 18.4 Å². The molecule has 1 amide bonds. The molecule has 19 heavy (non-hydrogen) atoms. The van der Waals surface area contributed by atoms with Crippen LogP contribution in [0.3, 0.4) is 0 Å². The molecule has 1 aromatic carbocycles. The van der Waals surface area contributed by atoms with Crippen molar-refractivity contribution in [3.05, 3.63) is 60.0 Å². The average Bonchev–Trinajstić information content (AvgIpc) is 3.18. The Morgan fingerprint density at radius 1 is 1.42 bits per heavy atom. The number of hydrogen-bond acceptors (Lipinski definition) is 1. The van der Waals surface area contributed by atoms with Gasteiger partial charge in [-0.25, -0.2) is 4.39 Å². The van der Waals surface area contributed by atoms with Gasteiger partial charge in [0.15, 0.2) is 0 Å². The van der Waals surface area contributed by atoms with Crippen molar-refractivity contribution in [2.45, 2.75) is 25.2 Å². The van der Waals surface area contributed by atoms with Crippen LogP contribution in [0.4, 0.5) is 4.39 Å². The highest BCUT2D eigenvalue weighted by atomic mass is 19.1. The van der Waals surface area contributed by atoms with Gasteiger partial charge in [-0.1, -0.05) is 30.4 Å². The molecule has 2 nitrogen and oxygen atoms in total. The number of benzene rings is 1. The molecule has 0 bridgehead atoms. The summed E-state index contributed by atoms with van der Waals surface area (Å²) in [6.45, 7) is 2.46. The normalized spacial score (nSPS) is 16.9. The molecule has 1 N–H and O–H groups in total. The van der Waals surface area contributed by atoms with E-state index in [1.165, 1.54) is 12.1 Å². The maximum atomic E-state index is 13.2. The number of carbonyl (C=O) groups excluding carboxylic acids is 1. The van der Waals surface area contributed by atoms with Crippen LogP contribution in [0, 0.1) is 5.82 Å². The monoisotopic (exact) mass is 259 g/mol. The summed E-state index contributed by atoms with van der Waals surface area (Å²) in [7, 11) is 0. The fourth-order valence-corrected chi connectivity index (χ4v) is 2.11. The highest BCUT2D eigenvalue weighted by molar-refractivity contribution is 5.87. The van der Waals surface area contributed by atoms with Gasteiger partial charge in [-0.05, 0) is 37.5 Å². The predicted octanol–water partition coefficient (Wildman–Crippen LogP) is 3.11. The molecule has 1 aliphatic rings. The number of allylic oxidation sites excluding steroid dienone is 3. The lowest BCUT2D eigenvalue weighted by Crippen LogP contribution is -2.31. The number of hydrogen-bond donors (Lipinski definition) is 1. The first-order valence-corrected chi connectivity index (χ1v) is 6.49. The van der Waals surface area contributed by atoms with Gasteiger partial charge >= 0.3 is 0 Å². The van der Waals surface area contributed by atoms with E-state index < -0.39 is 0 Å². The van der Waals surface area contributed by atoms with Crippen LogP contribution in [-0.2, 0) is 10.2 Å². The van der Waals surface area contributed by atoms with Crippen molar-refractivity contribution in [2.24, 2.45) is 0 Å². The zero-order valence-electron chi connectivity index (χ0n) is 11.0. The Hall–Kier alpha value is -1.90. The summed E-state index contributed by atoms with van der Waals surface area (Å²) in [6, 6.07) is 6.66. The van der Waals surface area contributed by atoms with Crippen molar-refractivity contribution >= 4 is 5.91 Å². The van der Waals surface area contributed by atoms with E-state index in [4.69, 9.17) is 0 Å². The lowest BCUT2D eigenvalue weighted by atomic mass is 9.96. The van der Waals surface area contributed by atoms with Crippen LogP contribution in [0.15, 0.2) is 48.6 Å². The van der Waals surface area contributed by atoms with E-state index in [0.29, 0.717) is 6.54 Å². The van der Waals surface area contributed by atoms with Crippen molar-refractivity contribution in [3.63, 3.8) is 0 Å². The second-order valence-electron chi connectivity index (χ2n) is 4.89. The van der Waals surface area contributed by atoms with Crippen molar-refractivity contribution in [2.75, 3.05) is 6.54 Å². The molecule has 0 heterocycles. The lowest BCUT2D eigenvalue weighted by molar-refractivity contribution is -0.116. The number of amides is 1. The van der Waals surface area contributed by atoms with Crippen LogP contribution >= 0.6 is 0 Å². The Balaban J connectivity index is 1.94. The molecule has 0 aliphatic heterocycles. The summed E-state index contributed by atoms with van der Waals surface area (Å²) in [5, 5.41) is 2.88. The molecule has 1 saturated carbocycles. The van der Waals surface area contributed by atoms with Gasteiger partial charge in [0.2, 0.25) is 5.91 Å². The van der Waals surface area contributed by atoms with E-state index in [9.17, 15) is 9.18 Å². The molecule has 0 radical (unpaired) electrons. The minimum atomic E-state index is -0.219.